The van der Waals surface area contributed by atoms with Crippen LogP contribution in [0.15, 0.2) is 51.4 Å². The summed E-state index contributed by atoms with van der Waals surface area (Å²) in [6, 6.07) is 13.3. The van der Waals surface area contributed by atoms with Crippen LogP contribution >= 0.6 is 12.6 Å². The van der Waals surface area contributed by atoms with E-state index in [9.17, 15) is 10.1 Å². The van der Waals surface area contributed by atoms with Crippen LogP contribution in [0.3, 0.4) is 0 Å². The van der Waals surface area contributed by atoms with Crippen LogP contribution in [-0.4, -0.2) is 5.91 Å². The van der Waals surface area contributed by atoms with Gasteiger partial charge in [0.25, 0.3) is 5.91 Å². The molecule has 0 bridgehead atoms. The van der Waals surface area contributed by atoms with Crippen molar-refractivity contribution in [1.29, 1.82) is 5.26 Å². The van der Waals surface area contributed by atoms with Crippen molar-refractivity contribution < 1.29 is 9.21 Å². The lowest BCUT2D eigenvalue weighted by Gasteiger charge is -2.37. The summed E-state index contributed by atoms with van der Waals surface area (Å²) in [4.78, 5) is 14.0. The average Bonchev–Trinajstić information content (AvgIpc) is 2.95. The van der Waals surface area contributed by atoms with Gasteiger partial charge in [0.15, 0.2) is 6.17 Å². The summed E-state index contributed by atoms with van der Waals surface area (Å²) in [7, 11) is 0. The van der Waals surface area contributed by atoms with E-state index in [4.69, 9.17) is 4.42 Å². The second-order valence-electron chi connectivity index (χ2n) is 5.29. The van der Waals surface area contributed by atoms with E-state index in [2.05, 4.69) is 17.9 Å². The molecule has 1 N–H and O–H groups in total. The standard InChI is InChI=1S/C17H15N3O2S/c1-10-5-3-4-6-13(10)20-15(14-8-7-11(2)22-14)19-16(21)12(9-18)17(20)23/h3-8,15,23H,1-2H3,(H,19,21). The van der Waals surface area contributed by atoms with Gasteiger partial charge in [-0.1, -0.05) is 18.2 Å². The van der Waals surface area contributed by atoms with Crippen LogP contribution in [0.25, 0.3) is 0 Å². The third kappa shape index (κ3) is 2.60. The van der Waals surface area contributed by atoms with Gasteiger partial charge >= 0.3 is 0 Å². The number of amides is 1. The molecule has 5 nitrogen and oxygen atoms in total. The largest absolute Gasteiger partial charge is 0.462 e. The summed E-state index contributed by atoms with van der Waals surface area (Å²) in [5.41, 5.74) is 1.83. The SMILES string of the molecule is Cc1ccc(C2NC(=O)C(C#N)=C(S)N2c2ccccc2C)o1. The molecule has 0 fully saturated rings. The average molecular weight is 325 g/mol. The normalized spacial score (nSPS) is 17.9. The van der Waals surface area contributed by atoms with E-state index < -0.39 is 12.1 Å². The predicted molar refractivity (Wildman–Crippen MR) is 89.6 cm³/mol. The Hall–Kier alpha value is -2.65. The van der Waals surface area contributed by atoms with E-state index in [1.807, 2.05) is 56.3 Å². The van der Waals surface area contributed by atoms with Crippen LogP contribution in [0.2, 0.25) is 0 Å². The van der Waals surface area contributed by atoms with Crippen molar-refractivity contribution in [3.8, 4) is 6.07 Å². The highest BCUT2D eigenvalue weighted by molar-refractivity contribution is 7.84. The Balaban J connectivity index is 2.19. The van der Waals surface area contributed by atoms with Crippen LogP contribution in [-0.2, 0) is 4.79 Å². The van der Waals surface area contributed by atoms with Crippen LogP contribution < -0.4 is 10.2 Å². The monoisotopic (exact) mass is 325 g/mol. The lowest BCUT2D eigenvalue weighted by molar-refractivity contribution is -0.118. The van der Waals surface area contributed by atoms with Gasteiger partial charge in [0, 0.05) is 5.69 Å². The second-order valence-corrected chi connectivity index (χ2v) is 5.71. The van der Waals surface area contributed by atoms with Crippen molar-refractivity contribution >= 4 is 24.2 Å². The lowest BCUT2D eigenvalue weighted by Crippen LogP contribution is -2.46. The molecule has 1 unspecified atom stereocenters. The highest BCUT2D eigenvalue weighted by Crippen LogP contribution is 2.37. The fraction of sp³-hybridized carbons (Fsp3) is 0.176. The minimum Gasteiger partial charge on any atom is -0.462 e. The van der Waals surface area contributed by atoms with Gasteiger partial charge in [0.2, 0.25) is 0 Å². The second kappa shape index (κ2) is 5.86. The number of anilines is 1. The van der Waals surface area contributed by atoms with Gasteiger partial charge in [-0.15, -0.1) is 12.6 Å². The quantitative estimate of drug-likeness (QED) is 0.832. The summed E-state index contributed by atoms with van der Waals surface area (Å²) in [6.45, 7) is 3.80. The summed E-state index contributed by atoms with van der Waals surface area (Å²) in [5, 5.41) is 12.4. The van der Waals surface area contributed by atoms with Crippen LogP contribution in [0.4, 0.5) is 5.69 Å². The fourth-order valence-electron chi connectivity index (χ4n) is 2.59. The molecule has 0 saturated heterocycles. The van der Waals surface area contributed by atoms with Crippen molar-refractivity contribution in [2.75, 3.05) is 4.90 Å². The molecule has 23 heavy (non-hydrogen) atoms. The van der Waals surface area contributed by atoms with E-state index in [1.165, 1.54) is 0 Å². The molecule has 1 aliphatic heterocycles. The zero-order valence-corrected chi connectivity index (χ0v) is 13.6. The van der Waals surface area contributed by atoms with E-state index in [0.29, 0.717) is 10.8 Å². The number of hydrogen-bond donors (Lipinski definition) is 2. The first-order chi connectivity index (χ1) is 11.0. The van der Waals surface area contributed by atoms with Gasteiger partial charge in [-0.2, -0.15) is 5.26 Å². The molecule has 1 aromatic carbocycles. The number of carbonyl (C=O) groups excluding carboxylic acids is 1. The van der Waals surface area contributed by atoms with Crippen molar-refractivity contribution in [2.24, 2.45) is 0 Å². The Morgan fingerprint density at radius 2 is 2.00 bits per heavy atom. The number of nitrogens with zero attached hydrogens (tertiary/aromatic N) is 2. The van der Waals surface area contributed by atoms with E-state index in [1.54, 1.807) is 4.90 Å². The maximum atomic E-state index is 12.2. The topological polar surface area (TPSA) is 69.3 Å². The Labute approximate surface area is 139 Å². The first kappa shape index (κ1) is 15.3. The highest BCUT2D eigenvalue weighted by atomic mass is 32.1. The number of para-hydroxylation sites is 1. The van der Waals surface area contributed by atoms with Crippen molar-refractivity contribution in [3.05, 3.63) is 64.1 Å². The molecule has 1 atom stereocenters. The molecular formula is C17H15N3O2S. The maximum Gasteiger partial charge on any atom is 0.266 e. The van der Waals surface area contributed by atoms with Crippen molar-refractivity contribution in [2.45, 2.75) is 20.0 Å². The number of benzene rings is 1. The summed E-state index contributed by atoms with van der Waals surface area (Å²) >= 11 is 4.45. The minimum atomic E-state index is -0.554. The van der Waals surface area contributed by atoms with Gasteiger partial charge in [0.05, 0.1) is 5.03 Å². The molecule has 0 spiro atoms. The number of rotatable bonds is 2. The molecule has 0 radical (unpaired) electrons. The molecule has 1 aromatic heterocycles. The number of hydrogen-bond acceptors (Lipinski definition) is 5. The van der Waals surface area contributed by atoms with E-state index in [0.717, 1.165) is 17.0 Å². The zero-order valence-electron chi connectivity index (χ0n) is 12.7. The summed E-state index contributed by atoms with van der Waals surface area (Å²) in [6.07, 6.45) is -0.554. The number of thiol groups is 1. The first-order valence-electron chi connectivity index (χ1n) is 7.08. The molecule has 1 aliphatic rings. The third-order valence-corrected chi connectivity index (χ3v) is 4.16. The van der Waals surface area contributed by atoms with Gasteiger partial charge < -0.3 is 14.6 Å². The number of furan rings is 1. The number of nitrogens with one attached hydrogen (secondary N) is 1. The van der Waals surface area contributed by atoms with E-state index in [-0.39, 0.29) is 5.57 Å². The Morgan fingerprint density at radius 1 is 1.26 bits per heavy atom. The van der Waals surface area contributed by atoms with Crippen molar-refractivity contribution in [3.63, 3.8) is 0 Å². The highest BCUT2D eigenvalue weighted by Gasteiger charge is 2.36. The molecule has 1 amide bonds. The summed E-state index contributed by atoms with van der Waals surface area (Å²) in [5.74, 6) is 0.874. The molecule has 0 aliphatic carbocycles. The Morgan fingerprint density at radius 3 is 2.61 bits per heavy atom. The Bertz CT molecular complexity index is 848. The van der Waals surface area contributed by atoms with Crippen LogP contribution in [0, 0.1) is 25.2 Å². The van der Waals surface area contributed by atoms with Gasteiger partial charge in [0.1, 0.15) is 23.2 Å². The lowest BCUT2D eigenvalue weighted by atomic mass is 10.1. The summed E-state index contributed by atoms with van der Waals surface area (Å²) < 4.78 is 5.68. The van der Waals surface area contributed by atoms with Gasteiger partial charge in [-0.25, -0.2) is 0 Å². The van der Waals surface area contributed by atoms with Gasteiger partial charge in [-0.05, 0) is 37.6 Å². The predicted octanol–water partition coefficient (Wildman–Crippen LogP) is 3.20. The molecule has 2 heterocycles. The van der Waals surface area contributed by atoms with Gasteiger partial charge in [-0.3, -0.25) is 4.79 Å². The van der Waals surface area contributed by atoms with E-state index >= 15 is 0 Å². The first-order valence-corrected chi connectivity index (χ1v) is 7.53. The third-order valence-electron chi connectivity index (χ3n) is 3.72. The smallest absolute Gasteiger partial charge is 0.266 e. The zero-order chi connectivity index (χ0) is 16.6. The Kier molecular flexibility index (Phi) is 3.89. The number of nitriles is 1. The number of carbonyl (C=O) groups is 1. The molecule has 6 heteroatoms. The van der Waals surface area contributed by atoms with Crippen LogP contribution in [0.1, 0.15) is 23.2 Å². The molecule has 0 saturated carbocycles. The molecule has 2 aromatic rings. The maximum absolute atomic E-state index is 12.2. The molecular weight excluding hydrogens is 310 g/mol. The number of aryl methyl sites for hydroxylation is 2. The minimum absolute atomic E-state index is 0.0175. The molecule has 116 valence electrons. The van der Waals surface area contributed by atoms with Crippen LogP contribution in [0.5, 0.6) is 0 Å². The molecule has 3 rings (SSSR count). The van der Waals surface area contributed by atoms with Crippen molar-refractivity contribution in [1.82, 2.24) is 5.32 Å². The fourth-order valence-corrected chi connectivity index (χ4v) is 2.97.